The molecule has 2 nitrogen and oxygen atoms in total. The first kappa shape index (κ1) is 43.6. The maximum atomic E-state index is 7.03. The minimum atomic E-state index is -0.489. The first-order chi connectivity index (χ1) is 34.0. The zero-order valence-electron chi connectivity index (χ0n) is 42.8. The first-order valence-corrected chi connectivity index (χ1v) is 25.6. The van der Waals surface area contributed by atoms with Crippen LogP contribution >= 0.6 is 0 Å². The van der Waals surface area contributed by atoms with Crippen molar-refractivity contribution in [2.75, 3.05) is 4.90 Å². The van der Waals surface area contributed by atoms with E-state index in [-0.39, 0.29) is 21.7 Å². The Balaban J connectivity index is 1.06. The lowest BCUT2D eigenvalue weighted by Gasteiger charge is -2.35. The molecule has 0 radical (unpaired) electrons. The summed E-state index contributed by atoms with van der Waals surface area (Å²) in [4.78, 5) is 2.55. The molecule has 10 aromatic rings. The summed E-state index contributed by atoms with van der Waals surface area (Å²) >= 11 is 0. The third-order valence-corrected chi connectivity index (χ3v) is 16.8. The summed E-state index contributed by atoms with van der Waals surface area (Å²) in [5, 5.41) is 2.37. The van der Waals surface area contributed by atoms with E-state index < -0.39 is 5.41 Å². The Morgan fingerprint density at radius 3 is 1.58 bits per heavy atom. The second kappa shape index (κ2) is 14.8. The predicted octanol–water partition coefficient (Wildman–Crippen LogP) is 18.6. The first-order valence-electron chi connectivity index (χ1n) is 25.6. The molecule has 0 N–H and O–H groups in total. The van der Waals surface area contributed by atoms with Crippen LogP contribution in [0, 0.1) is 0 Å². The van der Waals surface area contributed by atoms with Gasteiger partial charge >= 0.3 is 0 Å². The third-order valence-electron chi connectivity index (χ3n) is 16.8. The summed E-state index contributed by atoms with van der Waals surface area (Å²) in [6.45, 7) is 23.4. The van der Waals surface area contributed by atoms with Crippen molar-refractivity contribution in [3.05, 3.63) is 244 Å². The number of hydrogen-bond acceptors (Lipinski definition) is 2. The summed E-state index contributed by atoms with van der Waals surface area (Å²) < 4.78 is 7.03. The number of anilines is 3. The van der Waals surface area contributed by atoms with E-state index >= 15 is 0 Å². The monoisotopic (exact) mass is 919 g/mol. The topological polar surface area (TPSA) is 16.4 Å². The van der Waals surface area contributed by atoms with Gasteiger partial charge in [-0.1, -0.05) is 209 Å². The molecule has 3 aliphatic rings. The molecule has 71 heavy (non-hydrogen) atoms. The predicted molar refractivity (Wildman–Crippen MR) is 298 cm³/mol. The Morgan fingerprint density at radius 2 is 0.930 bits per heavy atom. The van der Waals surface area contributed by atoms with Gasteiger partial charge in [0.2, 0.25) is 0 Å². The summed E-state index contributed by atoms with van der Waals surface area (Å²) in [7, 11) is 0. The minimum Gasteiger partial charge on any atom is -0.456 e. The highest BCUT2D eigenvalue weighted by atomic mass is 16.3. The van der Waals surface area contributed by atoms with Crippen molar-refractivity contribution in [1.82, 2.24) is 0 Å². The van der Waals surface area contributed by atoms with Gasteiger partial charge in [0.1, 0.15) is 11.2 Å². The van der Waals surface area contributed by atoms with Crippen LogP contribution in [0.1, 0.15) is 125 Å². The van der Waals surface area contributed by atoms with E-state index in [1.54, 1.807) is 0 Å². The third kappa shape index (κ3) is 6.07. The molecule has 0 saturated carbocycles. The van der Waals surface area contributed by atoms with Crippen LogP contribution in [0.15, 0.2) is 192 Å². The molecule has 0 aliphatic heterocycles. The van der Waals surface area contributed by atoms with Gasteiger partial charge in [-0.15, -0.1) is 0 Å². The Hall–Kier alpha value is -7.42. The van der Waals surface area contributed by atoms with E-state index in [1.165, 1.54) is 105 Å². The van der Waals surface area contributed by atoms with E-state index in [1.807, 2.05) is 0 Å². The zero-order valence-corrected chi connectivity index (χ0v) is 42.8. The molecule has 0 saturated heterocycles. The van der Waals surface area contributed by atoms with Crippen molar-refractivity contribution < 1.29 is 4.42 Å². The lowest BCUT2D eigenvalue weighted by molar-refractivity contribution is 0.559. The fourth-order valence-electron chi connectivity index (χ4n) is 13.1. The molecule has 2 heteroatoms. The van der Waals surface area contributed by atoms with Crippen LogP contribution in [0.3, 0.4) is 0 Å². The second-order valence-electron chi connectivity index (χ2n) is 23.7. The summed E-state index contributed by atoms with van der Waals surface area (Å²) in [5.41, 5.74) is 25.2. The van der Waals surface area contributed by atoms with Gasteiger partial charge in [-0.2, -0.15) is 0 Å². The van der Waals surface area contributed by atoms with Crippen molar-refractivity contribution in [1.29, 1.82) is 0 Å². The Morgan fingerprint density at radius 1 is 0.394 bits per heavy atom. The average Bonchev–Trinajstić information content (AvgIpc) is 4.02. The van der Waals surface area contributed by atoms with Gasteiger partial charge in [0.05, 0.1) is 11.1 Å². The van der Waals surface area contributed by atoms with Crippen molar-refractivity contribution in [3.63, 3.8) is 0 Å². The van der Waals surface area contributed by atoms with Crippen LogP contribution < -0.4 is 4.90 Å². The van der Waals surface area contributed by atoms with Gasteiger partial charge in [-0.3, -0.25) is 0 Å². The number of benzene rings is 9. The van der Waals surface area contributed by atoms with Crippen LogP contribution in [0.25, 0.3) is 55.3 Å². The molecule has 0 amide bonds. The summed E-state index contributed by atoms with van der Waals surface area (Å²) in [5.74, 6) is 0. The van der Waals surface area contributed by atoms with E-state index in [9.17, 15) is 0 Å². The quantitative estimate of drug-likeness (QED) is 0.171. The standard InChI is InChI=1S/C69H61NO/c1-65(2,3)44-37-52-51-40-53-59(41-62(51)71-64(52)60(38-44)66(4,5)6)68(9,10)57-29-20-30-61(63(53)57)70(46-35-36-50-47-23-14-17-26-54(47)67(7,8)58(50)39-46)45-33-31-43(32-34-45)69(42-21-12-11-13-22-42)55-27-18-15-24-48(55)49-25-16-19-28-56(49)69/h11-41H,1-10H3. The lowest BCUT2D eigenvalue weighted by Crippen LogP contribution is -2.28. The van der Waals surface area contributed by atoms with Crippen LogP contribution in [0.2, 0.25) is 0 Å². The van der Waals surface area contributed by atoms with Gasteiger partial charge < -0.3 is 9.32 Å². The van der Waals surface area contributed by atoms with Crippen LogP contribution in [-0.2, 0) is 27.1 Å². The Kier molecular flexibility index (Phi) is 9.09. The molecular weight excluding hydrogens is 859 g/mol. The van der Waals surface area contributed by atoms with Crippen molar-refractivity contribution in [2.45, 2.75) is 96.3 Å². The van der Waals surface area contributed by atoms with Gasteiger partial charge in [-0.25, -0.2) is 0 Å². The molecule has 348 valence electrons. The van der Waals surface area contributed by atoms with Crippen LogP contribution in [0.4, 0.5) is 17.1 Å². The largest absolute Gasteiger partial charge is 0.456 e. The SMILES string of the molecule is CC(C)(C)c1cc(C(C)(C)C)c2oc3cc4c(cc3c2c1)-c1c(N(c2ccc(C3(c5ccccc5)c5ccccc5-c5ccccc53)cc2)c2ccc3c(c2)C(C)(C)c2ccccc2-3)cccc1C4(C)C. The van der Waals surface area contributed by atoms with E-state index in [2.05, 4.69) is 262 Å². The second-order valence-corrected chi connectivity index (χ2v) is 23.7. The molecule has 3 aliphatic carbocycles. The highest BCUT2D eigenvalue weighted by molar-refractivity contribution is 6.10. The van der Waals surface area contributed by atoms with Gasteiger partial charge in [0.25, 0.3) is 0 Å². The molecule has 0 atom stereocenters. The molecule has 13 rings (SSSR count). The van der Waals surface area contributed by atoms with Crippen LogP contribution in [-0.4, -0.2) is 0 Å². The molecular formula is C69H61NO. The molecule has 0 bridgehead atoms. The molecule has 9 aromatic carbocycles. The highest BCUT2D eigenvalue weighted by Crippen LogP contribution is 2.59. The van der Waals surface area contributed by atoms with Crippen molar-refractivity contribution >= 4 is 39.0 Å². The van der Waals surface area contributed by atoms with Gasteiger partial charge in [0.15, 0.2) is 0 Å². The summed E-state index contributed by atoms with van der Waals surface area (Å²) in [6, 6.07) is 71.5. The molecule has 0 unspecified atom stereocenters. The molecule has 0 fully saturated rings. The number of fused-ring (bicyclic) bond motifs is 12. The fourth-order valence-corrected chi connectivity index (χ4v) is 13.1. The fraction of sp³-hybridized carbons (Fsp3) is 0.217. The zero-order chi connectivity index (χ0) is 49.0. The Labute approximate surface area is 419 Å². The smallest absolute Gasteiger partial charge is 0.139 e. The van der Waals surface area contributed by atoms with Gasteiger partial charge in [0, 0.05) is 44.1 Å². The average molecular weight is 920 g/mol. The maximum Gasteiger partial charge on any atom is 0.139 e. The number of furan rings is 1. The normalized spacial score (nSPS) is 15.5. The molecule has 1 heterocycles. The van der Waals surface area contributed by atoms with Crippen molar-refractivity contribution in [2.24, 2.45) is 0 Å². The van der Waals surface area contributed by atoms with E-state index in [0.717, 1.165) is 22.5 Å². The Bertz CT molecular complexity index is 3780. The van der Waals surface area contributed by atoms with E-state index in [4.69, 9.17) is 4.42 Å². The van der Waals surface area contributed by atoms with Crippen molar-refractivity contribution in [3.8, 4) is 33.4 Å². The summed E-state index contributed by atoms with van der Waals surface area (Å²) in [6.07, 6.45) is 0. The minimum absolute atomic E-state index is 0.0244. The number of nitrogens with zero attached hydrogens (tertiary/aromatic N) is 1. The lowest BCUT2D eigenvalue weighted by atomic mass is 9.68. The van der Waals surface area contributed by atoms with Gasteiger partial charge in [-0.05, 0) is 137 Å². The highest BCUT2D eigenvalue weighted by Gasteiger charge is 2.46. The molecule has 1 aromatic heterocycles. The number of rotatable bonds is 5. The molecule has 0 spiro atoms. The van der Waals surface area contributed by atoms with Crippen LogP contribution in [0.5, 0.6) is 0 Å². The van der Waals surface area contributed by atoms with E-state index in [0.29, 0.717) is 0 Å². The maximum absolute atomic E-state index is 7.03. The number of hydrogen-bond donors (Lipinski definition) is 0.